The highest BCUT2D eigenvalue weighted by Crippen LogP contribution is 2.43. The van der Waals surface area contributed by atoms with Crippen LogP contribution in [-0.4, -0.2) is 73.4 Å². The monoisotopic (exact) mass is 1110 g/mol. The van der Waals surface area contributed by atoms with Crippen molar-refractivity contribution in [1.29, 1.82) is 0 Å². The number of phosphoric ester groups is 1. The highest BCUT2D eigenvalue weighted by atomic mass is 31.2. The number of aliphatic hydroxyl groups is 1. The molecular weight excluding hydrogens is 984 g/mol. The average Bonchev–Trinajstić information content (AvgIpc) is 3.41. The van der Waals surface area contributed by atoms with Gasteiger partial charge < -0.3 is 19.8 Å². The average molecular weight is 1110 g/mol. The summed E-state index contributed by atoms with van der Waals surface area (Å²) < 4.78 is 23.7. The van der Waals surface area contributed by atoms with E-state index in [4.69, 9.17) is 9.05 Å². The SMILES string of the molecule is CC/C=C\C/C=C\C/C=C\C/C=C\C/C=C\C/C=C\C/C=C\C/C=C\CCCCCCCCCCCCCCCCCCC(=O)NC(COP(=O)(O)OCC[N+](C)(C)C)C(O)/C=C/CC/C=C/CCCCCCCCCCC. The van der Waals surface area contributed by atoms with E-state index in [2.05, 4.69) is 129 Å². The fourth-order valence-electron chi connectivity index (χ4n) is 8.72. The summed E-state index contributed by atoms with van der Waals surface area (Å²) in [6.45, 7) is 4.67. The van der Waals surface area contributed by atoms with Gasteiger partial charge in [-0.25, -0.2) is 4.57 Å². The minimum Gasteiger partial charge on any atom is -0.387 e. The number of amides is 1. The molecule has 448 valence electrons. The third kappa shape index (κ3) is 60.5. The van der Waals surface area contributed by atoms with Crippen LogP contribution in [0.1, 0.15) is 258 Å². The third-order valence-electron chi connectivity index (χ3n) is 13.7. The second kappa shape index (κ2) is 58.6. The number of phosphoric acid groups is 1. The molecule has 3 unspecified atom stereocenters. The molecule has 0 saturated carbocycles. The fourth-order valence-corrected chi connectivity index (χ4v) is 9.46. The highest BCUT2D eigenvalue weighted by molar-refractivity contribution is 7.47. The lowest BCUT2D eigenvalue weighted by Crippen LogP contribution is -2.45. The molecule has 8 nitrogen and oxygen atoms in total. The number of carbonyl (C=O) groups excluding carboxylic acids is 1. The van der Waals surface area contributed by atoms with Gasteiger partial charge in [-0.3, -0.25) is 13.8 Å². The van der Waals surface area contributed by atoms with Crippen molar-refractivity contribution in [3.05, 3.63) is 122 Å². The van der Waals surface area contributed by atoms with Crippen LogP contribution in [-0.2, 0) is 18.4 Å². The first kappa shape index (κ1) is 74.9. The molecule has 0 aromatic rings. The molecule has 0 rings (SSSR count). The Labute approximate surface area is 482 Å². The Bertz CT molecular complexity index is 1680. The number of nitrogens with one attached hydrogen (secondary N) is 1. The van der Waals surface area contributed by atoms with E-state index in [1.54, 1.807) is 6.08 Å². The minimum atomic E-state index is -4.36. The number of carbonyl (C=O) groups is 1. The van der Waals surface area contributed by atoms with Gasteiger partial charge in [-0.15, -0.1) is 0 Å². The Morgan fingerprint density at radius 2 is 0.782 bits per heavy atom. The van der Waals surface area contributed by atoms with Gasteiger partial charge in [0.05, 0.1) is 39.9 Å². The number of unbranched alkanes of at least 4 members (excludes halogenated alkanes) is 26. The summed E-state index contributed by atoms with van der Waals surface area (Å²) in [5.74, 6) is -0.189. The summed E-state index contributed by atoms with van der Waals surface area (Å²) in [7, 11) is 1.55. The summed E-state index contributed by atoms with van der Waals surface area (Å²) in [6.07, 6.45) is 87.6. The van der Waals surface area contributed by atoms with E-state index in [0.29, 0.717) is 17.4 Å². The van der Waals surface area contributed by atoms with Gasteiger partial charge in [0.25, 0.3) is 0 Å². The molecule has 0 radical (unpaired) electrons. The van der Waals surface area contributed by atoms with Crippen molar-refractivity contribution in [2.75, 3.05) is 40.9 Å². The van der Waals surface area contributed by atoms with Gasteiger partial charge in [0, 0.05) is 6.42 Å². The lowest BCUT2D eigenvalue weighted by molar-refractivity contribution is -0.870. The highest BCUT2D eigenvalue weighted by Gasteiger charge is 2.27. The molecule has 1 amide bonds. The number of quaternary nitrogens is 1. The lowest BCUT2D eigenvalue weighted by atomic mass is 10.0. The van der Waals surface area contributed by atoms with Gasteiger partial charge in [-0.2, -0.15) is 0 Å². The van der Waals surface area contributed by atoms with Crippen LogP contribution < -0.4 is 5.32 Å². The quantitative estimate of drug-likeness (QED) is 0.0243. The van der Waals surface area contributed by atoms with Crippen molar-refractivity contribution in [1.82, 2.24) is 5.32 Å². The largest absolute Gasteiger partial charge is 0.472 e. The van der Waals surface area contributed by atoms with E-state index in [1.165, 1.54) is 148 Å². The number of aliphatic hydroxyl groups excluding tert-OH is 1. The molecule has 0 aromatic heterocycles. The molecule has 0 aliphatic rings. The van der Waals surface area contributed by atoms with E-state index in [-0.39, 0.29) is 19.1 Å². The number of hydrogen-bond acceptors (Lipinski definition) is 5. The molecule has 0 heterocycles. The van der Waals surface area contributed by atoms with Crippen LogP contribution in [0.15, 0.2) is 122 Å². The molecule has 78 heavy (non-hydrogen) atoms. The standard InChI is InChI=1S/C69H121N2O6P/c1-6-8-10-12-14-16-18-20-22-23-24-25-26-27-28-29-30-31-32-33-34-35-36-37-38-39-40-41-42-43-44-45-46-47-49-51-53-55-57-59-61-63-69(73)70-67(66-77-78(74,75)76-65-64-71(3,4)5)68(72)62-60-58-56-54-52-50-48-21-19-17-15-13-11-9-7-2/h8,10,14,16,20,22,24-25,27-28,30-31,33-34,36-37,52,54,60,62,67-68,72H,6-7,9,11-13,15,17-19,21,23,26,29,32,35,38-51,53,55-59,61,63-66H2,1-5H3,(H-,70,73,74,75)/p+1/b10-8-,16-14-,22-20-,25-24-,28-27-,31-30-,34-33-,37-36-,54-52+,62-60+. The van der Waals surface area contributed by atoms with Crippen LogP contribution in [0.5, 0.6) is 0 Å². The number of rotatable bonds is 57. The summed E-state index contributed by atoms with van der Waals surface area (Å²) in [5, 5.41) is 13.9. The molecular formula is C69H122N2O6P+. The topological polar surface area (TPSA) is 105 Å². The second-order valence-corrected chi connectivity index (χ2v) is 23.8. The maximum atomic E-state index is 13.0. The second-order valence-electron chi connectivity index (χ2n) is 22.4. The minimum absolute atomic E-state index is 0.0526. The van der Waals surface area contributed by atoms with Crippen molar-refractivity contribution in [2.45, 2.75) is 270 Å². The van der Waals surface area contributed by atoms with Crippen LogP contribution in [0.25, 0.3) is 0 Å². The lowest BCUT2D eigenvalue weighted by Gasteiger charge is -2.25. The fraction of sp³-hybridized carbons (Fsp3) is 0.696. The molecule has 0 aliphatic carbocycles. The Morgan fingerprint density at radius 1 is 0.449 bits per heavy atom. The number of hydrogen-bond donors (Lipinski definition) is 3. The zero-order valence-corrected chi connectivity index (χ0v) is 52.0. The molecule has 9 heteroatoms. The zero-order chi connectivity index (χ0) is 57.0. The molecule has 0 saturated heterocycles. The summed E-state index contributed by atoms with van der Waals surface area (Å²) in [6, 6.07) is -0.869. The van der Waals surface area contributed by atoms with Gasteiger partial charge in [0.1, 0.15) is 13.2 Å². The number of allylic oxidation sites excluding steroid dienone is 19. The first-order valence-corrected chi connectivity index (χ1v) is 33.4. The Hall–Kier alpha value is -3.10. The molecule has 0 bridgehead atoms. The van der Waals surface area contributed by atoms with Gasteiger partial charge in [0.15, 0.2) is 0 Å². The molecule has 0 aromatic carbocycles. The van der Waals surface area contributed by atoms with Crippen molar-refractivity contribution < 1.29 is 32.9 Å². The summed E-state index contributed by atoms with van der Waals surface area (Å²) >= 11 is 0. The predicted octanol–water partition coefficient (Wildman–Crippen LogP) is 20.1. The summed E-state index contributed by atoms with van der Waals surface area (Å²) in [5.41, 5.74) is 0. The van der Waals surface area contributed by atoms with Crippen LogP contribution in [0.3, 0.4) is 0 Å². The normalized spacial score (nSPS) is 14.6. The molecule has 0 fully saturated rings. The maximum absolute atomic E-state index is 13.0. The first-order valence-electron chi connectivity index (χ1n) is 31.9. The van der Waals surface area contributed by atoms with Crippen molar-refractivity contribution in [3.8, 4) is 0 Å². The van der Waals surface area contributed by atoms with Gasteiger partial charge in [-0.1, -0.05) is 277 Å². The Balaban J connectivity index is 4.02. The third-order valence-corrected chi connectivity index (χ3v) is 14.6. The van der Waals surface area contributed by atoms with E-state index in [1.807, 2.05) is 27.2 Å². The van der Waals surface area contributed by atoms with E-state index in [0.717, 1.165) is 89.9 Å². The van der Waals surface area contributed by atoms with E-state index < -0.39 is 20.0 Å². The number of likely N-dealkylation sites (N-methyl/N-ethyl adjacent to an activating group) is 1. The van der Waals surface area contributed by atoms with Crippen molar-refractivity contribution >= 4 is 13.7 Å². The van der Waals surface area contributed by atoms with E-state index >= 15 is 0 Å². The Kier molecular flexibility index (Phi) is 56.2. The molecule has 3 atom stereocenters. The van der Waals surface area contributed by atoms with Crippen LogP contribution in [0.4, 0.5) is 0 Å². The van der Waals surface area contributed by atoms with Gasteiger partial charge in [-0.05, 0) is 96.3 Å². The van der Waals surface area contributed by atoms with Gasteiger partial charge in [0.2, 0.25) is 5.91 Å². The van der Waals surface area contributed by atoms with Crippen molar-refractivity contribution in [2.24, 2.45) is 0 Å². The molecule has 3 N–H and O–H groups in total. The van der Waals surface area contributed by atoms with Gasteiger partial charge >= 0.3 is 7.82 Å². The van der Waals surface area contributed by atoms with Crippen LogP contribution in [0.2, 0.25) is 0 Å². The maximum Gasteiger partial charge on any atom is 0.472 e. The van der Waals surface area contributed by atoms with E-state index in [9.17, 15) is 19.4 Å². The predicted molar refractivity (Wildman–Crippen MR) is 341 cm³/mol. The van der Waals surface area contributed by atoms with Crippen LogP contribution >= 0.6 is 7.82 Å². The number of nitrogens with zero attached hydrogens (tertiary/aromatic N) is 1. The zero-order valence-electron chi connectivity index (χ0n) is 51.1. The smallest absolute Gasteiger partial charge is 0.387 e. The molecule has 0 spiro atoms. The van der Waals surface area contributed by atoms with Crippen molar-refractivity contribution in [3.63, 3.8) is 0 Å². The molecule has 0 aliphatic heterocycles. The summed E-state index contributed by atoms with van der Waals surface area (Å²) in [4.78, 5) is 23.3. The Morgan fingerprint density at radius 3 is 1.18 bits per heavy atom. The van der Waals surface area contributed by atoms with Crippen LogP contribution in [0, 0.1) is 0 Å². The first-order chi connectivity index (χ1) is 38.0.